The average molecular weight is 292 g/mol. The lowest BCUT2D eigenvalue weighted by Crippen LogP contribution is -2.53. The summed E-state index contributed by atoms with van der Waals surface area (Å²) in [4.78, 5) is 12.3. The van der Waals surface area contributed by atoms with Gasteiger partial charge in [0.05, 0.1) is 12.2 Å². The van der Waals surface area contributed by atoms with Crippen molar-refractivity contribution in [3.8, 4) is 0 Å². The first-order valence-corrected chi connectivity index (χ1v) is 8.92. The number of carbonyl (C=O) groups is 1. The van der Waals surface area contributed by atoms with Crippen LogP contribution in [0.15, 0.2) is 0 Å². The highest BCUT2D eigenvalue weighted by Crippen LogP contribution is 2.61. The minimum Gasteiger partial charge on any atom is -0.390 e. The Morgan fingerprint density at radius 1 is 0.905 bits per heavy atom. The molecule has 0 bridgehead atoms. The number of hydrogen-bond acceptors (Lipinski definition) is 3. The number of aliphatic hydroxyl groups excluding tert-OH is 2. The van der Waals surface area contributed by atoms with Crippen molar-refractivity contribution < 1.29 is 15.0 Å². The quantitative estimate of drug-likeness (QED) is 0.721. The molecular formula is C18H28O3. The molecule has 2 N–H and O–H groups in total. The summed E-state index contributed by atoms with van der Waals surface area (Å²) in [5.41, 5.74) is -0.0409. The molecule has 4 fully saturated rings. The van der Waals surface area contributed by atoms with Crippen molar-refractivity contribution in [2.45, 2.75) is 70.5 Å². The van der Waals surface area contributed by atoms with Crippen molar-refractivity contribution in [2.24, 2.45) is 35.0 Å². The maximum absolute atomic E-state index is 12.3. The van der Waals surface area contributed by atoms with Crippen LogP contribution in [0.2, 0.25) is 0 Å². The molecule has 0 aromatic heterocycles. The van der Waals surface area contributed by atoms with E-state index in [9.17, 15) is 15.0 Å². The van der Waals surface area contributed by atoms with E-state index in [-0.39, 0.29) is 5.41 Å². The highest BCUT2D eigenvalue weighted by Gasteiger charge is 2.57. The zero-order valence-corrected chi connectivity index (χ0v) is 13.0. The first-order valence-electron chi connectivity index (χ1n) is 8.92. The molecular weight excluding hydrogens is 264 g/mol. The highest BCUT2D eigenvalue weighted by molar-refractivity contribution is 5.87. The molecule has 0 saturated heterocycles. The lowest BCUT2D eigenvalue weighted by Gasteiger charge is -2.55. The highest BCUT2D eigenvalue weighted by atomic mass is 16.3. The fourth-order valence-electron chi connectivity index (χ4n) is 6.62. The molecule has 0 aromatic rings. The van der Waals surface area contributed by atoms with Crippen LogP contribution in [-0.4, -0.2) is 28.2 Å². The van der Waals surface area contributed by atoms with E-state index in [0.29, 0.717) is 35.4 Å². The van der Waals surface area contributed by atoms with Crippen LogP contribution in [0.1, 0.15) is 58.3 Å². The average Bonchev–Trinajstić information content (AvgIpc) is 2.78. The predicted octanol–water partition coefficient (Wildman–Crippen LogP) is 2.54. The van der Waals surface area contributed by atoms with Gasteiger partial charge in [-0.3, -0.25) is 4.79 Å². The standard InChI is InChI=1S/C18H28O3/c1-18-9-8-11-10-4-6-15(19)17(21)13(10)3-2-12(11)14(18)5-7-16(18)20/h10-15,17,19,21H,2-9H2,1H3/t10-,11-,12-,13-,14+,15-,17?,18+/m1/s1. The Balaban J connectivity index is 1.59. The largest absolute Gasteiger partial charge is 0.390 e. The van der Waals surface area contributed by atoms with Crippen molar-refractivity contribution in [2.75, 3.05) is 0 Å². The first-order chi connectivity index (χ1) is 10.0. The molecule has 3 nitrogen and oxygen atoms in total. The second-order valence-electron chi connectivity index (χ2n) is 8.39. The van der Waals surface area contributed by atoms with Gasteiger partial charge in [-0.15, -0.1) is 0 Å². The van der Waals surface area contributed by atoms with Crippen LogP contribution in [-0.2, 0) is 4.79 Å². The molecule has 3 heteroatoms. The summed E-state index contributed by atoms with van der Waals surface area (Å²) < 4.78 is 0. The van der Waals surface area contributed by atoms with Crippen LogP contribution < -0.4 is 0 Å². The van der Waals surface area contributed by atoms with Gasteiger partial charge in [0.2, 0.25) is 0 Å². The maximum Gasteiger partial charge on any atom is 0.139 e. The van der Waals surface area contributed by atoms with Crippen molar-refractivity contribution in [3.05, 3.63) is 0 Å². The molecule has 21 heavy (non-hydrogen) atoms. The van der Waals surface area contributed by atoms with E-state index in [1.807, 2.05) is 0 Å². The van der Waals surface area contributed by atoms with Crippen molar-refractivity contribution in [1.82, 2.24) is 0 Å². The smallest absolute Gasteiger partial charge is 0.139 e. The Morgan fingerprint density at radius 3 is 2.38 bits per heavy atom. The summed E-state index contributed by atoms with van der Waals surface area (Å²) in [6.45, 7) is 2.22. The third-order valence-corrected chi connectivity index (χ3v) is 7.76. The Labute approximate surface area is 127 Å². The molecule has 4 saturated carbocycles. The topological polar surface area (TPSA) is 57.5 Å². The Hall–Kier alpha value is -0.410. The van der Waals surface area contributed by atoms with Crippen molar-refractivity contribution in [3.63, 3.8) is 0 Å². The van der Waals surface area contributed by atoms with Gasteiger partial charge in [0, 0.05) is 11.8 Å². The fraction of sp³-hybridized carbons (Fsp3) is 0.944. The van der Waals surface area contributed by atoms with Gasteiger partial charge in [-0.1, -0.05) is 6.92 Å². The first kappa shape index (κ1) is 14.2. The zero-order chi connectivity index (χ0) is 14.8. The van der Waals surface area contributed by atoms with Gasteiger partial charge < -0.3 is 10.2 Å². The van der Waals surface area contributed by atoms with Gasteiger partial charge in [0.1, 0.15) is 5.78 Å². The van der Waals surface area contributed by atoms with Gasteiger partial charge in [0.15, 0.2) is 0 Å². The molecule has 0 amide bonds. The van der Waals surface area contributed by atoms with Crippen LogP contribution in [0, 0.1) is 35.0 Å². The van der Waals surface area contributed by atoms with Gasteiger partial charge >= 0.3 is 0 Å². The zero-order valence-electron chi connectivity index (χ0n) is 13.0. The number of aliphatic hydroxyl groups is 2. The summed E-state index contributed by atoms with van der Waals surface area (Å²) in [5.74, 6) is 3.37. The number of carbonyl (C=O) groups excluding carboxylic acids is 1. The lowest BCUT2D eigenvalue weighted by molar-refractivity contribution is -0.141. The van der Waals surface area contributed by atoms with E-state index in [2.05, 4.69) is 6.92 Å². The molecule has 4 rings (SSSR count). The molecule has 0 spiro atoms. The van der Waals surface area contributed by atoms with E-state index >= 15 is 0 Å². The molecule has 0 aliphatic heterocycles. The fourth-order valence-corrected chi connectivity index (χ4v) is 6.62. The Morgan fingerprint density at radius 2 is 1.57 bits per heavy atom. The maximum atomic E-state index is 12.3. The van der Waals surface area contributed by atoms with Crippen LogP contribution in [0.3, 0.4) is 0 Å². The minimum absolute atomic E-state index is 0.0409. The minimum atomic E-state index is -0.511. The van der Waals surface area contributed by atoms with E-state index in [0.717, 1.165) is 51.4 Å². The number of Topliss-reactive ketones (excluding diaryl/α,β-unsaturated/α-hetero) is 1. The SMILES string of the molecule is C[C@]12CC[C@@H]3[C@H]4CC[C@@H](O)C(O)[C@@H]4CC[C@H]3[C@@H]1CCC2=O. The van der Waals surface area contributed by atoms with E-state index in [4.69, 9.17) is 0 Å². The molecule has 0 radical (unpaired) electrons. The summed E-state index contributed by atoms with van der Waals surface area (Å²) in [5, 5.41) is 20.3. The number of ketones is 1. The van der Waals surface area contributed by atoms with E-state index in [1.54, 1.807) is 0 Å². The molecule has 8 atom stereocenters. The molecule has 118 valence electrons. The van der Waals surface area contributed by atoms with E-state index in [1.165, 1.54) is 0 Å². The summed E-state index contributed by atoms with van der Waals surface area (Å²) in [7, 11) is 0. The second-order valence-corrected chi connectivity index (χ2v) is 8.39. The molecule has 4 aliphatic carbocycles. The lowest BCUT2D eigenvalue weighted by atomic mass is 9.50. The molecule has 0 heterocycles. The number of fused-ring (bicyclic) bond motifs is 5. The predicted molar refractivity (Wildman–Crippen MR) is 79.5 cm³/mol. The van der Waals surface area contributed by atoms with Crippen LogP contribution >= 0.6 is 0 Å². The molecule has 1 unspecified atom stereocenters. The molecule has 0 aromatic carbocycles. The summed E-state index contributed by atoms with van der Waals surface area (Å²) in [6.07, 6.45) is 7.11. The molecule has 4 aliphatic rings. The number of hydrogen-bond donors (Lipinski definition) is 2. The van der Waals surface area contributed by atoms with Gasteiger partial charge in [-0.2, -0.15) is 0 Å². The Kier molecular flexibility index (Phi) is 3.24. The summed E-state index contributed by atoms with van der Waals surface area (Å²) >= 11 is 0. The van der Waals surface area contributed by atoms with Gasteiger partial charge in [-0.05, 0) is 74.5 Å². The Bertz CT molecular complexity index is 448. The van der Waals surface area contributed by atoms with Crippen LogP contribution in [0.25, 0.3) is 0 Å². The van der Waals surface area contributed by atoms with Crippen LogP contribution in [0.4, 0.5) is 0 Å². The monoisotopic (exact) mass is 292 g/mol. The van der Waals surface area contributed by atoms with Crippen molar-refractivity contribution in [1.29, 1.82) is 0 Å². The third kappa shape index (κ3) is 1.89. The van der Waals surface area contributed by atoms with Crippen molar-refractivity contribution >= 4 is 5.78 Å². The second kappa shape index (κ2) is 4.79. The van der Waals surface area contributed by atoms with Gasteiger partial charge in [-0.25, -0.2) is 0 Å². The van der Waals surface area contributed by atoms with Crippen LogP contribution in [0.5, 0.6) is 0 Å². The van der Waals surface area contributed by atoms with E-state index < -0.39 is 12.2 Å². The third-order valence-electron chi connectivity index (χ3n) is 7.76. The van der Waals surface area contributed by atoms with Gasteiger partial charge in [0.25, 0.3) is 0 Å². The normalized spacial score (nSPS) is 56.5. The summed E-state index contributed by atoms with van der Waals surface area (Å²) in [6, 6.07) is 0. The number of rotatable bonds is 0.